The van der Waals surface area contributed by atoms with Gasteiger partial charge >= 0.3 is 0 Å². The summed E-state index contributed by atoms with van der Waals surface area (Å²) < 4.78 is 18.0. The first kappa shape index (κ1) is 11.1. The predicted molar refractivity (Wildman–Crippen MR) is 57.3 cm³/mol. The van der Waals surface area contributed by atoms with Crippen molar-refractivity contribution in [2.45, 2.75) is 6.42 Å². The van der Waals surface area contributed by atoms with E-state index in [1.165, 1.54) is 13.2 Å². The molecule has 0 radical (unpaired) electrons. The van der Waals surface area contributed by atoms with E-state index in [1.54, 1.807) is 12.1 Å². The lowest BCUT2D eigenvalue weighted by atomic mass is 10.2. The zero-order chi connectivity index (χ0) is 10.4. The van der Waals surface area contributed by atoms with Crippen molar-refractivity contribution in [2.75, 3.05) is 13.0 Å². The van der Waals surface area contributed by atoms with Gasteiger partial charge in [0, 0.05) is 5.88 Å². The first-order chi connectivity index (χ1) is 6.77. The van der Waals surface area contributed by atoms with Crippen LogP contribution in [0.5, 0.6) is 5.75 Å². The van der Waals surface area contributed by atoms with Crippen LogP contribution in [-0.2, 0) is 0 Å². The first-order valence-corrected chi connectivity index (χ1v) is 4.87. The minimum Gasteiger partial charge on any atom is -0.494 e. The van der Waals surface area contributed by atoms with Gasteiger partial charge in [-0.1, -0.05) is 18.2 Å². The summed E-state index contributed by atoms with van der Waals surface area (Å²) in [6.07, 6.45) is 4.54. The van der Waals surface area contributed by atoms with Crippen LogP contribution in [0.3, 0.4) is 0 Å². The third-order valence-corrected chi connectivity index (χ3v) is 1.98. The lowest BCUT2D eigenvalue weighted by Gasteiger charge is -2.01. The molecule has 1 nitrogen and oxygen atoms in total. The number of hydrogen-bond acceptors (Lipinski definition) is 1. The van der Waals surface area contributed by atoms with Gasteiger partial charge in [0.05, 0.1) is 7.11 Å². The third kappa shape index (κ3) is 3.04. The second-order valence-electron chi connectivity index (χ2n) is 2.77. The fourth-order valence-electron chi connectivity index (χ4n) is 1.07. The summed E-state index contributed by atoms with van der Waals surface area (Å²) in [6.45, 7) is 0. The van der Waals surface area contributed by atoms with Crippen molar-refractivity contribution in [1.82, 2.24) is 0 Å². The second-order valence-corrected chi connectivity index (χ2v) is 3.15. The Kier molecular flexibility index (Phi) is 4.47. The Morgan fingerprint density at radius 3 is 2.86 bits per heavy atom. The summed E-state index contributed by atoms with van der Waals surface area (Å²) in [6, 6.07) is 4.84. The van der Waals surface area contributed by atoms with Crippen LogP contribution >= 0.6 is 11.6 Å². The highest BCUT2D eigenvalue weighted by atomic mass is 35.5. The van der Waals surface area contributed by atoms with E-state index < -0.39 is 0 Å². The van der Waals surface area contributed by atoms with Gasteiger partial charge in [0.1, 0.15) is 0 Å². The normalized spacial score (nSPS) is 10.8. The molecule has 0 aliphatic carbocycles. The number of ether oxygens (including phenoxy) is 1. The van der Waals surface area contributed by atoms with Gasteiger partial charge in [0.15, 0.2) is 11.6 Å². The molecular formula is C11H12ClFO. The Balaban J connectivity index is 2.76. The standard InChI is InChI=1S/C11H12ClFO/c1-14-11-6-5-9(8-10(11)13)4-2-3-7-12/h2,4-6,8H,3,7H2,1H3. The maximum Gasteiger partial charge on any atom is 0.165 e. The van der Waals surface area contributed by atoms with Gasteiger partial charge in [-0.3, -0.25) is 0 Å². The third-order valence-electron chi connectivity index (χ3n) is 1.76. The molecule has 1 aromatic rings. The maximum atomic E-state index is 13.2. The van der Waals surface area contributed by atoms with E-state index in [2.05, 4.69) is 0 Å². The zero-order valence-corrected chi connectivity index (χ0v) is 8.72. The molecule has 0 N–H and O–H groups in total. The van der Waals surface area contributed by atoms with Gasteiger partial charge < -0.3 is 4.74 Å². The molecule has 0 amide bonds. The molecular weight excluding hydrogens is 203 g/mol. The van der Waals surface area contributed by atoms with Gasteiger partial charge in [-0.25, -0.2) is 4.39 Å². The van der Waals surface area contributed by atoms with Crippen LogP contribution in [0.1, 0.15) is 12.0 Å². The SMILES string of the molecule is COc1ccc(C=CCCCl)cc1F. The van der Waals surface area contributed by atoms with Crippen molar-refractivity contribution < 1.29 is 9.13 Å². The molecule has 0 saturated carbocycles. The summed E-state index contributed by atoms with van der Waals surface area (Å²) in [4.78, 5) is 0. The Hall–Kier alpha value is -1.02. The van der Waals surface area contributed by atoms with E-state index in [9.17, 15) is 4.39 Å². The lowest BCUT2D eigenvalue weighted by molar-refractivity contribution is 0.386. The smallest absolute Gasteiger partial charge is 0.165 e. The summed E-state index contributed by atoms with van der Waals surface area (Å²) in [5.41, 5.74) is 0.813. The molecule has 0 unspecified atom stereocenters. The first-order valence-electron chi connectivity index (χ1n) is 4.34. The highest BCUT2D eigenvalue weighted by Crippen LogP contribution is 2.18. The van der Waals surface area contributed by atoms with E-state index in [0.717, 1.165) is 12.0 Å². The Labute approximate surface area is 88.1 Å². The van der Waals surface area contributed by atoms with E-state index in [1.807, 2.05) is 12.2 Å². The van der Waals surface area contributed by atoms with Crippen molar-refractivity contribution in [1.29, 1.82) is 0 Å². The zero-order valence-electron chi connectivity index (χ0n) is 7.97. The van der Waals surface area contributed by atoms with E-state index in [0.29, 0.717) is 5.88 Å². The highest BCUT2D eigenvalue weighted by molar-refractivity contribution is 6.17. The van der Waals surface area contributed by atoms with Crippen molar-refractivity contribution in [2.24, 2.45) is 0 Å². The summed E-state index contributed by atoms with van der Waals surface area (Å²) in [5, 5.41) is 0. The maximum absolute atomic E-state index is 13.2. The Bertz CT molecular complexity index is 323. The number of benzene rings is 1. The van der Waals surface area contributed by atoms with Gasteiger partial charge in [-0.05, 0) is 24.1 Å². The lowest BCUT2D eigenvalue weighted by Crippen LogP contribution is -1.87. The molecule has 76 valence electrons. The van der Waals surface area contributed by atoms with Crippen LogP contribution in [0, 0.1) is 5.82 Å². The monoisotopic (exact) mass is 214 g/mol. The van der Waals surface area contributed by atoms with Gasteiger partial charge in [-0.15, -0.1) is 11.6 Å². The fourth-order valence-corrected chi connectivity index (χ4v) is 1.19. The number of halogens is 2. The highest BCUT2D eigenvalue weighted by Gasteiger charge is 2.00. The van der Waals surface area contributed by atoms with Crippen molar-refractivity contribution in [3.8, 4) is 5.75 Å². The number of allylic oxidation sites excluding steroid dienone is 1. The van der Waals surface area contributed by atoms with Gasteiger partial charge in [-0.2, -0.15) is 0 Å². The molecule has 0 heterocycles. The van der Waals surface area contributed by atoms with E-state index in [-0.39, 0.29) is 11.6 Å². The molecule has 1 rings (SSSR count). The van der Waals surface area contributed by atoms with E-state index in [4.69, 9.17) is 16.3 Å². The molecule has 0 fully saturated rings. The van der Waals surface area contributed by atoms with E-state index >= 15 is 0 Å². The average molecular weight is 215 g/mol. The fraction of sp³-hybridized carbons (Fsp3) is 0.273. The van der Waals surface area contributed by atoms with Crippen LogP contribution in [0.15, 0.2) is 24.3 Å². The number of methoxy groups -OCH3 is 1. The summed E-state index contributed by atoms with van der Waals surface area (Å²) in [5.74, 6) is 0.495. The van der Waals surface area contributed by atoms with Crippen molar-refractivity contribution in [3.63, 3.8) is 0 Å². The molecule has 0 aromatic heterocycles. The molecule has 0 spiro atoms. The molecule has 0 saturated heterocycles. The van der Waals surface area contributed by atoms with Crippen molar-refractivity contribution in [3.05, 3.63) is 35.7 Å². The Morgan fingerprint density at radius 2 is 2.29 bits per heavy atom. The molecule has 1 aromatic carbocycles. The topological polar surface area (TPSA) is 9.23 Å². The number of alkyl halides is 1. The molecule has 0 aliphatic rings. The van der Waals surface area contributed by atoms with Gasteiger partial charge in [0.2, 0.25) is 0 Å². The van der Waals surface area contributed by atoms with Gasteiger partial charge in [0.25, 0.3) is 0 Å². The number of hydrogen-bond donors (Lipinski definition) is 0. The molecule has 0 atom stereocenters. The quantitative estimate of drug-likeness (QED) is 0.698. The number of rotatable bonds is 4. The summed E-state index contributed by atoms with van der Waals surface area (Å²) >= 11 is 5.50. The van der Waals surface area contributed by atoms with Crippen LogP contribution in [-0.4, -0.2) is 13.0 Å². The van der Waals surface area contributed by atoms with Crippen LogP contribution in [0.4, 0.5) is 4.39 Å². The largest absolute Gasteiger partial charge is 0.494 e. The van der Waals surface area contributed by atoms with Crippen molar-refractivity contribution >= 4 is 17.7 Å². The average Bonchev–Trinajstić information content (AvgIpc) is 2.18. The Morgan fingerprint density at radius 1 is 1.50 bits per heavy atom. The van der Waals surface area contributed by atoms with Crippen LogP contribution < -0.4 is 4.74 Å². The molecule has 0 aliphatic heterocycles. The van der Waals surface area contributed by atoms with Crippen LogP contribution in [0.2, 0.25) is 0 Å². The molecule has 3 heteroatoms. The predicted octanol–water partition coefficient (Wildman–Crippen LogP) is 3.48. The minimum absolute atomic E-state index is 0.263. The molecule has 0 bridgehead atoms. The van der Waals surface area contributed by atoms with Crippen LogP contribution in [0.25, 0.3) is 6.08 Å². The molecule has 14 heavy (non-hydrogen) atoms. The summed E-state index contributed by atoms with van der Waals surface area (Å²) in [7, 11) is 1.45. The second kappa shape index (κ2) is 5.66. The minimum atomic E-state index is -0.347.